The van der Waals surface area contributed by atoms with Gasteiger partial charge in [0.05, 0.1) is 0 Å². The predicted octanol–water partition coefficient (Wildman–Crippen LogP) is 2.24. The second kappa shape index (κ2) is 11.7. The standard InChI is InChI=1S/C10H22N2.C5H11N/c1-9(2)8-12-6-4-10(11-3)5-7-12;1-2-3-4-5-6/h9-11H,4-8H2,1-3H3;2H,1,3-6H2. The minimum atomic E-state index is 0.772. The van der Waals surface area contributed by atoms with E-state index in [4.69, 9.17) is 5.73 Å². The van der Waals surface area contributed by atoms with Crippen molar-refractivity contribution in [2.45, 2.75) is 45.6 Å². The molecule has 3 N–H and O–H groups in total. The van der Waals surface area contributed by atoms with Crippen molar-refractivity contribution >= 4 is 0 Å². The molecular weight excluding hydrogens is 222 g/mol. The first-order valence-electron chi connectivity index (χ1n) is 7.34. The summed E-state index contributed by atoms with van der Waals surface area (Å²) < 4.78 is 0. The molecule has 1 fully saturated rings. The zero-order chi connectivity index (χ0) is 13.8. The van der Waals surface area contributed by atoms with Crippen LogP contribution in [0.1, 0.15) is 39.5 Å². The monoisotopic (exact) mass is 255 g/mol. The number of allylic oxidation sites excluding steroid dienone is 1. The van der Waals surface area contributed by atoms with Gasteiger partial charge in [0.1, 0.15) is 0 Å². The van der Waals surface area contributed by atoms with E-state index in [2.05, 4.69) is 37.7 Å². The van der Waals surface area contributed by atoms with E-state index >= 15 is 0 Å². The molecule has 0 amide bonds. The number of hydrogen-bond donors (Lipinski definition) is 2. The molecule has 1 heterocycles. The van der Waals surface area contributed by atoms with Gasteiger partial charge in [0.25, 0.3) is 0 Å². The Morgan fingerprint density at radius 1 is 1.39 bits per heavy atom. The summed E-state index contributed by atoms with van der Waals surface area (Å²) in [6, 6.07) is 0.772. The van der Waals surface area contributed by atoms with Gasteiger partial charge >= 0.3 is 0 Å². The number of nitrogens with two attached hydrogens (primary N) is 1. The molecule has 1 aliphatic heterocycles. The van der Waals surface area contributed by atoms with Gasteiger partial charge in [0.15, 0.2) is 0 Å². The summed E-state index contributed by atoms with van der Waals surface area (Å²) in [5.74, 6) is 0.816. The molecule has 1 saturated heterocycles. The fourth-order valence-electron chi connectivity index (χ4n) is 2.18. The van der Waals surface area contributed by atoms with E-state index in [1.165, 1.54) is 32.5 Å². The third-order valence-corrected chi connectivity index (χ3v) is 3.23. The van der Waals surface area contributed by atoms with E-state index in [0.29, 0.717) is 0 Å². The third kappa shape index (κ3) is 9.63. The minimum Gasteiger partial charge on any atom is -0.330 e. The fourth-order valence-corrected chi connectivity index (χ4v) is 2.18. The highest BCUT2D eigenvalue weighted by molar-refractivity contribution is 4.76. The van der Waals surface area contributed by atoms with Crippen molar-refractivity contribution in [3.05, 3.63) is 12.7 Å². The van der Waals surface area contributed by atoms with Crippen molar-refractivity contribution in [2.24, 2.45) is 11.7 Å². The predicted molar refractivity (Wildman–Crippen MR) is 81.8 cm³/mol. The summed E-state index contributed by atoms with van der Waals surface area (Å²) in [5.41, 5.74) is 5.17. The van der Waals surface area contributed by atoms with E-state index in [1.807, 2.05) is 6.08 Å². The van der Waals surface area contributed by atoms with Gasteiger partial charge in [-0.05, 0) is 58.3 Å². The van der Waals surface area contributed by atoms with E-state index in [-0.39, 0.29) is 0 Å². The highest BCUT2D eigenvalue weighted by Gasteiger charge is 2.17. The van der Waals surface area contributed by atoms with Crippen LogP contribution in [0.4, 0.5) is 0 Å². The Balaban J connectivity index is 0.000000411. The van der Waals surface area contributed by atoms with E-state index in [1.54, 1.807) is 0 Å². The van der Waals surface area contributed by atoms with Crippen molar-refractivity contribution in [1.82, 2.24) is 10.2 Å². The average Bonchev–Trinajstić information content (AvgIpc) is 2.37. The van der Waals surface area contributed by atoms with Gasteiger partial charge in [-0.25, -0.2) is 0 Å². The zero-order valence-electron chi connectivity index (χ0n) is 12.6. The lowest BCUT2D eigenvalue weighted by Crippen LogP contribution is -2.42. The molecule has 3 heteroatoms. The van der Waals surface area contributed by atoms with Gasteiger partial charge < -0.3 is 16.0 Å². The lowest BCUT2D eigenvalue weighted by atomic mass is 10.0. The summed E-state index contributed by atoms with van der Waals surface area (Å²) in [4.78, 5) is 2.58. The van der Waals surface area contributed by atoms with E-state index in [9.17, 15) is 0 Å². The highest BCUT2D eigenvalue weighted by Crippen LogP contribution is 2.11. The number of nitrogens with zero attached hydrogens (tertiary/aromatic N) is 1. The molecule has 0 bridgehead atoms. The number of hydrogen-bond acceptors (Lipinski definition) is 3. The number of rotatable bonds is 6. The fraction of sp³-hybridized carbons (Fsp3) is 0.867. The molecule has 0 aromatic carbocycles. The lowest BCUT2D eigenvalue weighted by Gasteiger charge is -2.32. The van der Waals surface area contributed by atoms with Crippen LogP contribution in [-0.2, 0) is 0 Å². The number of piperidine rings is 1. The van der Waals surface area contributed by atoms with Crippen LogP contribution in [0.25, 0.3) is 0 Å². The molecule has 1 rings (SSSR count). The van der Waals surface area contributed by atoms with Crippen LogP contribution < -0.4 is 11.1 Å². The Morgan fingerprint density at radius 2 is 2.00 bits per heavy atom. The van der Waals surface area contributed by atoms with Gasteiger partial charge in [-0.15, -0.1) is 6.58 Å². The molecule has 1 aliphatic rings. The van der Waals surface area contributed by atoms with Crippen molar-refractivity contribution in [1.29, 1.82) is 0 Å². The van der Waals surface area contributed by atoms with Gasteiger partial charge in [-0.2, -0.15) is 0 Å². The molecule has 18 heavy (non-hydrogen) atoms. The molecule has 0 atom stereocenters. The molecule has 0 spiro atoms. The minimum absolute atomic E-state index is 0.772. The quantitative estimate of drug-likeness (QED) is 0.565. The Hall–Kier alpha value is -0.380. The Labute approximate surface area is 114 Å². The Bertz CT molecular complexity index is 184. The summed E-state index contributed by atoms with van der Waals surface area (Å²) in [6.45, 7) is 12.8. The molecule has 0 aromatic rings. The maximum absolute atomic E-state index is 5.17. The maximum atomic E-state index is 5.17. The Morgan fingerprint density at radius 3 is 2.33 bits per heavy atom. The molecule has 0 aliphatic carbocycles. The number of nitrogens with one attached hydrogen (secondary N) is 1. The topological polar surface area (TPSA) is 41.3 Å². The van der Waals surface area contributed by atoms with Crippen molar-refractivity contribution < 1.29 is 0 Å². The van der Waals surface area contributed by atoms with Crippen LogP contribution >= 0.6 is 0 Å². The third-order valence-electron chi connectivity index (χ3n) is 3.23. The SMILES string of the molecule is C=CCCCN.CNC1CCN(CC(C)C)CC1. The van der Waals surface area contributed by atoms with Gasteiger partial charge in [0, 0.05) is 12.6 Å². The van der Waals surface area contributed by atoms with E-state index < -0.39 is 0 Å². The van der Waals surface area contributed by atoms with Crippen molar-refractivity contribution in [2.75, 3.05) is 33.2 Å². The smallest absolute Gasteiger partial charge is 0.00884 e. The first-order valence-corrected chi connectivity index (χ1v) is 7.34. The van der Waals surface area contributed by atoms with Gasteiger partial charge in [-0.3, -0.25) is 0 Å². The first kappa shape index (κ1) is 17.6. The van der Waals surface area contributed by atoms with Gasteiger partial charge in [0.2, 0.25) is 0 Å². The van der Waals surface area contributed by atoms with Crippen LogP contribution in [-0.4, -0.2) is 44.2 Å². The second-order valence-corrected chi connectivity index (χ2v) is 5.48. The second-order valence-electron chi connectivity index (χ2n) is 5.48. The normalized spacial score (nSPS) is 17.4. The van der Waals surface area contributed by atoms with Crippen molar-refractivity contribution in [3.63, 3.8) is 0 Å². The highest BCUT2D eigenvalue weighted by atomic mass is 15.1. The molecule has 0 unspecified atom stereocenters. The zero-order valence-corrected chi connectivity index (χ0v) is 12.6. The summed E-state index contributed by atoms with van der Waals surface area (Å²) in [5, 5.41) is 3.35. The molecule has 0 radical (unpaired) electrons. The Kier molecular flexibility index (Phi) is 11.4. The number of unbranched alkanes of at least 4 members (excludes halogenated alkanes) is 1. The molecule has 0 aromatic heterocycles. The summed E-state index contributed by atoms with van der Waals surface area (Å²) >= 11 is 0. The molecular formula is C15H33N3. The van der Waals surface area contributed by atoms with E-state index in [0.717, 1.165) is 31.3 Å². The van der Waals surface area contributed by atoms with Gasteiger partial charge in [-0.1, -0.05) is 19.9 Å². The molecule has 0 saturated carbocycles. The summed E-state index contributed by atoms with van der Waals surface area (Å²) in [6.07, 6.45) is 6.65. The summed E-state index contributed by atoms with van der Waals surface area (Å²) in [7, 11) is 2.07. The van der Waals surface area contributed by atoms with Crippen LogP contribution in [0.3, 0.4) is 0 Å². The largest absolute Gasteiger partial charge is 0.330 e. The number of likely N-dealkylation sites (tertiary alicyclic amines) is 1. The van der Waals surface area contributed by atoms with Crippen LogP contribution in [0, 0.1) is 5.92 Å². The lowest BCUT2D eigenvalue weighted by molar-refractivity contribution is 0.183. The average molecular weight is 255 g/mol. The van der Waals surface area contributed by atoms with Crippen LogP contribution in [0.2, 0.25) is 0 Å². The van der Waals surface area contributed by atoms with Crippen molar-refractivity contribution in [3.8, 4) is 0 Å². The maximum Gasteiger partial charge on any atom is 0.00884 e. The van der Waals surface area contributed by atoms with Crippen LogP contribution in [0.15, 0.2) is 12.7 Å². The molecule has 108 valence electrons. The first-order chi connectivity index (χ1) is 8.63. The molecule has 3 nitrogen and oxygen atoms in total. The van der Waals surface area contributed by atoms with Crippen LogP contribution in [0.5, 0.6) is 0 Å².